The number of nitrogens with zero attached hydrogens (tertiary/aromatic N) is 3. The van der Waals surface area contributed by atoms with E-state index in [1.54, 1.807) is 23.2 Å². The van der Waals surface area contributed by atoms with E-state index in [2.05, 4.69) is 23.4 Å². The van der Waals surface area contributed by atoms with Gasteiger partial charge in [0.25, 0.3) is 0 Å². The Hall–Kier alpha value is -2.40. The zero-order chi connectivity index (χ0) is 19.0. The molecule has 0 spiro atoms. The van der Waals surface area contributed by atoms with Gasteiger partial charge in [0.05, 0.1) is 12.1 Å². The molecule has 4 nitrogen and oxygen atoms in total. The van der Waals surface area contributed by atoms with Crippen LogP contribution in [0.4, 0.5) is 10.2 Å². The number of aromatic nitrogens is 2. The van der Waals surface area contributed by atoms with Crippen molar-refractivity contribution in [2.24, 2.45) is 13.0 Å². The smallest absolute Gasteiger partial charge is 0.231 e. The van der Waals surface area contributed by atoms with Crippen LogP contribution in [0, 0.1) is 25.6 Å². The number of hydrogen-bond acceptors (Lipinski definition) is 2. The van der Waals surface area contributed by atoms with E-state index >= 15 is 0 Å². The molecule has 0 radical (unpaired) electrons. The van der Waals surface area contributed by atoms with Crippen molar-refractivity contribution in [1.29, 1.82) is 0 Å². The molecule has 0 aliphatic carbocycles. The predicted octanol–water partition coefficient (Wildman–Crippen LogP) is 4.94. The third kappa shape index (κ3) is 3.83. The normalized spacial score (nSPS) is 10.9. The molecular formula is C21H25ClFN3O. The third-order valence-corrected chi connectivity index (χ3v) is 4.96. The number of fused-ring (bicyclic) bond motifs is 1. The maximum atomic E-state index is 13.2. The molecule has 0 aliphatic rings. The fourth-order valence-electron chi connectivity index (χ4n) is 3.24. The summed E-state index contributed by atoms with van der Waals surface area (Å²) >= 11 is 0. The van der Waals surface area contributed by atoms with Crippen LogP contribution < -0.4 is 4.90 Å². The molecule has 1 aromatic carbocycles. The Bertz CT molecular complexity index is 964. The number of benzene rings is 1. The number of amides is 1. The van der Waals surface area contributed by atoms with Crippen molar-refractivity contribution in [2.45, 2.75) is 34.2 Å². The Morgan fingerprint density at radius 3 is 2.41 bits per heavy atom. The molecule has 1 amide bonds. The van der Waals surface area contributed by atoms with E-state index in [0.717, 1.165) is 27.7 Å². The molecule has 2 heterocycles. The van der Waals surface area contributed by atoms with E-state index < -0.39 is 0 Å². The summed E-state index contributed by atoms with van der Waals surface area (Å²) < 4.78 is 15.4. The summed E-state index contributed by atoms with van der Waals surface area (Å²) in [6.45, 7) is 8.23. The van der Waals surface area contributed by atoms with Gasteiger partial charge in [-0.05, 0) is 43.2 Å². The van der Waals surface area contributed by atoms with Crippen molar-refractivity contribution in [3.63, 3.8) is 0 Å². The molecule has 0 saturated carbocycles. The minimum absolute atomic E-state index is 0. The van der Waals surface area contributed by atoms with Crippen LogP contribution in [-0.2, 0) is 18.4 Å². The molecule has 2 aromatic heterocycles. The molecule has 6 heteroatoms. The van der Waals surface area contributed by atoms with Crippen molar-refractivity contribution in [3.05, 3.63) is 59.2 Å². The third-order valence-electron chi connectivity index (χ3n) is 4.96. The number of pyridine rings is 1. The summed E-state index contributed by atoms with van der Waals surface area (Å²) in [5.74, 6) is 0.199. The standard InChI is InChI=1S/C21H24FN3O.ClH/c1-13(2)21(26)25(12-16-6-8-17(22)9-7-16)20-19-14(3)15(4)24(5)18(19)10-11-23-20;/h6-11,13H,12H2,1-5H3;1H. The number of carbonyl (C=O) groups is 1. The number of anilines is 1. The Kier molecular flexibility index (Phi) is 6.26. The molecule has 0 fully saturated rings. The van der Waals surface area contributed by atoms with Gasteiger partial charge in [-0.15, -0.1) is 12.4 Å². The highest BCUT2D eigenvalue weighted by atomic mass is 35.5. The van der Waals surface area contributed by atoms with Gasteiger partial charge in [-0.1, -0.05) is 26.0 Å². The zero-order valence-electron chi connectivity index (χ0n) is 16.3. The number of halogens is 2. The largest absolute Gasteiger partial charge is 0.348 e. The average Bonchev–Trinajstić information content (AvgIpc) is 2.85. The van der Waals surface area contributed by atoms with Gasteiger partial charge in [-0.3, -0.25) is 9.69 Å². The highest BCUT2D eigenvalue weighted by Crippen LogP contribution is 2.32. The molecule has 0 aliphatic heterocycles. The maximum Gasteiger partial charge on any atom is 0.231 e. The van der Waals surface area contributed by atoms with Crippen molar-refractivity contribution < 1.29 is 9.18 Å². The van der Waals surface area contributed by atoms with Crippen molar-refractivity contribution >= 4 is 35.0 Å². The Morgan fingerprint density at radius 2 is 1.81 bits per heavy atom. The second-order valence-corrected chi connectivity index (χ2v) is 7.00. The van der Waals surface area contributed by atoms with Crippen LogP contribution in [0.2, 0.25) is 0 Å². The van der Waals surface area contributed by atoms with Crippen LogP contribution >= 0.6 is 12.4 Å². The van der Waals surface area contributed by atoms with Crippen LogP contribution in [0.25, 0.3) is 10.9 Å². The lowest BCUT2D eigenvalue weighted by Gasteiger charge is -2.25. The quantitative estimate of drug-likeness (QED) is 0.633. The molecule has 3 rings (SSSR count). The number of rotatable bonds is 4. The lowest BCUT2D eigenvalue weighted by molar-refractivity contribution is -0.121. The summed E-state index contributed by atoms with van der Waals surface area (Å²) in [5.41, 5.74) is 4.18. The van der Waals surface area contributed by atoms with Gasteiger partial charge in [0.1, 0.15) is 11.6 Å². The highest BCUT2D eigenvalue weighted by Gasteiger charge is 2.24. The van der Waals surface area contributed by atoms with E-state index in [0.29, 0.717) is 12.4 Å². The van der Waals surface area contributed by atoms with Gasteiger partial charge < -0.3 is 4.57 Å². The maximum absolute atomic E-state index is 13.2. The Labute approximate surface area is 165 Å². The minimum atomic E-state index is -0.287. The molecule has 3 aromatic rings. The molecule has 27 heavy (non-hydrogen) atoms. The van der Waals surface area contributed by atoms with Crippen molar-refractivity contribution in [3.8, 4) is 0 Å². The van der Waals surface area contributed by atoms with E-state index in [-0.39, 0.29) is 30.0 Å². The van der Waals surface area contributed by atoms with Crippen molar-refractivity contribution in [1.82, 2.24) is 9.55 Å². The van der Waals surface area contributed by atoms with Crippen LogP contribution in [0.5, 0.6) is 0 Å². The van der Waals surface area contributed by atoms with Crippen LogP contribution in [-0.4, -0.2) is 15.5 Å². The summed E-state index contributed by atoms with van der Waals surface area (Å²) in [5, 5.41) is 0.989. The predicted molar refractivity (Wildman–Crippen MR) is 110 cm³/mol. The van der Waals surface area contributed by atoms with Gasteiger partial charge >= 0.3 is 0 Å². The molecule has 0 unspecified atom stereocenters. The fraction of sp³-hybridized carbons (Fsp3) is 0.333. The number of aryl methyl sites for hydroxylation is 2. The summed E-state index contributed by atoms with van der Waals surface area (Å²) in [4.78, 5) is 19.2. The van der Waals surface area contributed by atoms with Crippen LogP contribution in [0.15, 0.2) is 36.5 Å². The first-order valence-corrected chi connectivity index (χ1v) is 8.77. The van der Waals surface area contributed by atoms with Gasteiger partial charge in [0.2, 0.25) is 5.91 Å². The number of hydrogen-bond donors (Lipinski definition) is 0. The van der Waals surface area contributed by atoms with Gasteiger partial charge in [-0.25, -0.2) is 9.37 Å². The lowest BCUT2D eigenvalue weighted by Crippen LogP contribution is -2.34. The van der Waals surface area contributed by atoms with E-state index in [4.69, 9.17) is 0 Å². The monoisotopic (exact) mass is 389 g/mol. The summed E-state index contributed by atoms with van der Waals surface area (Å²) in [6, 6.07) is 8.21. The molecule has 0 bridgehead atoms. The molecule has 0 N–H and O–H groups in total. The molecule has 144 valence electrons. The second kappa shape index (κ2) is 8.09. The summed E-state index contributed by atoms with van der Waals surface area (Å²) in [6.07, 6.45) is 1.74. The minimum Gasteiger partial charge on any atom is -0.348 e. The van der Waals surface area contributed by atoms with Crippen LogP contribution in [0.3, 0.4) is 0 Å². The lowest BCUT2D eigenvalue weighted by atomic mass is 10.1. The highest BCUT2D eigenvalue weighted by molar-refractivity contribution is 6.03. The zero-order valence-corrected chi connectivity index (χ0v) is 17.1. The SMILES string of the molecule is Cc1c(C)n(C)c2ccnc(N(Cc3ccc(F)cc3)C(=O)C(C)C)c12.Cl. The van der Waals surface area contributed by atoms with E-state index in [1.165, 1.54) is 12.1 Å². The number of carbonyl (C=O) groups excluding carboxylic acids is 1. The topological polar surface area (TPSA) is 38.1 Å². The Balaban J connectivity index is 0.00000261. The first-order chi connectivity index (χ1) is 12.3. The summed E-state index contributed by atoms with van der Waals surface area (Å²) in [7, 11) is 2.02. The molecular weight excluding hydrogens is 365 g/mol. The first-order valence-electron chi connectivity index (χ1n) is 8.77. The van der Waals surface area contributed by atoms with Crippen molar-refractivity contribution in [2.75, 3.05) is 4.90 Å². The fourth-order valence-corrected chi connectivity index (χ4v) is 3.24. The van der Waals surface area contributed by atoms with Gasteiger partial charge in [0, 0.05) is 30.2 Å². The first kappa shape index (κ1) is 20.9. The molecule has 0 saturated heterocycles. The van der Waals surface area contributed by atoms with Gasteiger partial charge in [-0.2, -0.15) is 0 Å². The Morgan fingerprint density at radius 1 is 1.19 bits per heavy atom. The van der Waals surface area contributed by atoms with Crippen LogP contribution in [0.1, 0.15) is 30.7 Å². The molecule has 0 atom stereocenters. The van der Waals surface area contributed by atoms with Gasteiger partial charge in [0.15, 0.2) is 0 Å². The average molecular weight is 390 g/mol. The second-order valence-electron chi connectivity index (χ2n) is 7.00. The van der Waals surface area contributed by atoms with E-state index in [1.807, 2.05) is 27.0 Å². The van der Waals surface area contributed by atoms with E-state index in [9.17, 15) is 9.18 Å².